The van der Waals surface area contributed by atoms with Crippen LogP contribution in [0.5, 0.6) is 0 Å². The van der Waals surface area contributed by atoms with Crippen molar-refractivity contribution in [3.05, 3.63) is 123 Å². The fourth-order valence-corrected chi connectivity index (χ4v) is 5.65. The molecule has 0 radical (unpaired) electrons. The summed E-state index contributed by atoms with van der Waals surface area (Å²) in [6, 6.07) is 28.3. The molecule has 0 saturated heterocycles. The topological polar surface area (TPSA) is 0 Å². The Balaban J connectivity index is 0.000000355. The van der Waals surface area contributed by atoms with Gasteiger partial charge in [-0.15, -0.1) is 5.56 Å². The van der Waals surface area contributed by atoms with Gasteiger partial charge in [0, 0.05) is 0 Å². The molecule has 0 aliphatic heterocycles. The molecule has 0 atom stereocenters. The number of hydrogen-bond acceptors (Lipinski definition) is 0. The van der Waals surface area contributed by atoms with E-state index in [2.05, 4.69) is 156 Å². The van der Waals surface area contributed by atoms with Gasteiger partial charge in [-0.2, -0.15) is 52.1 Å². The molecule has 0 bridgehead atoms. The van der Waals surface area contributed by atoms with E-state index in [-0.39, 0.29) is 35.6 Å². The van der Waals surface area contributed by atoms with E-state index in [4.69, 9.17) is 0 Å². The number of rotatable bonds is 2. The number of benzene rings is 3. The van der Waals surface area contributed by atoms with Crippen LogP contribution in [0.15, 0.2) is 66.7 Å². The predicted molar refractivity (Wildman–Crippen MR) is 177 cm³/mol. The van der Waals surface area contributed by atoms with Crippen LogP contribution in [-0.2, 0) is 41.5 Å². The normalized spacial score (nSPS) is 11.6. The number of halogens is 2. The van der Waals surface area contributed by atoms with Crippen LogP contribution in [0.1, 0.15) is 118 Å². The molecule has 0 N–H and O–H groups in total. The quantitative estimate of drug-likeness (QED) is 0.232. The van der Waals surface area contributed by atoms with E-state index in [1.54, 1.807) is 0 Å². The number of fused-ring (bicyclic) bond motifs is 3. The molecule has 3 heteroatoms. The van der Waals surface area contributed by atoms with Crippen molar-refractivity contribution >= 4 is 3.21 Å². The van der Waals surface area contributed by atoms with Crippen molar-refractivity contribution in [1.29, 1.82) is 0 Å². The second-order valence-corrected chi connectivity index (χ2v) is 16.0. The zero-order valence-electron chi connectivity index (χ0n) is 28.4. The van der Waals surface area contributed by atoms with E-state index in [1.807, 2.05) is 0 Å². The molecule has 43 heavy (non-hydrogen) atoms. The Bertz CT molecular complexity index is 1430. The van der Waals surface area contributed by atoms with Gasteiger partial charge in [0.2, 0.25) is 0 Å². The standard InChI is InChI=1S/C21H25.C10H15.C9H10.2ClH.Zr/c1-20(2,3)16-9-7-14-11-15-8-10-17(21(4,5)6)13-19(15)18(14)12-16;1-7(2)10-6-8(3)5-9(10)4;1-3-9-6-4-8(2)5-7-9;;;/h7,9-10,12-13H,11H2,1-6H3;5-7H,1-4H3;4-7H,1-2H3;2*1H;/q2*-1;;;;+2/p-2. The Morgan fingerprint density at radius 2 is 1.35 bits per heavy atom. The van der Waals surface area contributed by atoms with Crippen LogP contribution in [0.3, 0.4) is 0 Å². The van der Waals surface area contributed by atoms with Gasteiger partial charge < -0.3 is 24.8 Å². The van der Waals surface area contributed by atoms with Crippen LogP contribution in [0, 0.1) is 26.8 Å². The van der Waals surface area contributed by atoms with E-state index < -0.39 is 0 Å². The van der Waals surface area contributed by atoms with Crippen molar-refractivity contribution in [3.8, 4) is 11.1 Å². The first-order valence-corrected chi connectivity index (χ1v) is 16.2. The Morgan fingerprint density at radius 1 is 0.791 bits per heavy atom. The molecular weight excluding hydrogens is 643 g/mol. The van der Waals surface area contributed by atoms with Gasteiger partial charge in [0.05, 0.1) is 0 Å². The third-order valence-electron chi connectivity index (χ3n) is 7.92. The second kappa shape index (κ2) is 16.1. The smallest absolute Gasteiger partial charge is 0.0632 e. The molecule has 0 fully saturated rings. The van der Waals surface area contributed by atoms with E-state index in [1.165, 1.54) is 88.6 Å². The average Bonchev–Trinajstić information content (AvgIpc) is 3.42. The van der Waals surface area contributed by atoms with Crippen LogP contribution in [0.2, 0.25) is 0 Å². The summed E-state index contributed by atoms with van der Waals surface area (Å²) >= 11 is 1.51. The summed E-state index contributed by atoms with van der Waals surface area (Å²) in [5.41, 5.74) is 15.8. The van der Waals surface area contributed by atoms with Crippen molar-refractivity contribution in [2.45, 2.75) is 106 Å². The molecule has 0 heterocycles. The van der Waals surface area contributed by atoms with Crippen molar-refractivity contribution in [2.24, 2.45) is 0 Å². The van der Waals surface area contributed by atoms with E-state index in [0.717, 1.165) is 6.42 Å². The van der Waals surface area contributed by atoms with Crippen molar-refractivity contribution in [3.63, 3.8) is 0 Å². The zero-order valence-corrected chi connectivity index (χ0v) is 32.4. The van der Waals surface area contributed by atoms with Gasteiger partial charge in [0.25, 0.3) is 0 Å². The second-order valence-electron chi connectivity index (χ2n) is 14.1. The average molecular weight is 693 g/mol. The van der Waals surface area contributed by atoms with Gasteiger partial charge in [0.15, 0.2) is 0 Å². The van der Waals surface area contributed by atoms with Crippen LogP contribution in [0.25, 0.3) is 11.1 Å². The Kier molecular flexibility index (Phi) is 14.7. The minimum absolute atomic E-state index is 0. The Hall–Kier alpha value is -1.66. The monoisotopic (exact) mass is 690 g/mol. The Morgan fingerprint density at radius 3 is 1.79 bits per heavy atom. The van der Waals surface area contributed by atoms with Gasteiger partial charge in [-0.1, -0.05) is 110 Å². The first-order valence-electron chi connectivity index (χ1n) is 15.0. The maximum atomic E-state index is 3.53. The van der Waals surface area contributed by atoms with Crippen molar-refractivity contribution in [2.75, 3.05) is 0 Å². The largest absolute Gasteiger partial charge is 1.00 e. The third kappa shape index (κ3) is 10.7. The molecule has 1 aliphatic rings. The zero-order chi connectivity index (χ0) is 30.7. The van der Waals surface area contributed by atoms with Gasteiger partial charge in [-0.25, -0.2) is 6.07 Å². The molecule has 0 spiro atoms. The van der Waals surface area contributed by atoms with Crippen molar-refractivity contribution < 1.29 is 49.0 Å². The summed E-state index contributed by atoms with van der Waals surface area (Å²) in [6.45, 7) is 26.7. The van der Waals surface area contributed by atoms with Gasteiger partial charge >= 0.3 is 76.7 Å². The fourth-order valence-electron chi connectivity index (χ4n) is 5.24. The first kappa shape index (κ1) is 39.4. The summed E-state index contributed by atoms with van der Waals surface area (Å²) in [5, 5.41) is 0. The molecule has 5 rings (SSSR count). The molecule has 4 aromatic rings. The van der Waals surface area contributed by atoms with Crippen LogP contribution in [-0.4, -0.2) is 3.21 Å². The SMILES string of the molecule is CC(C)(C)c1c[c-]c2c(c1)-c1cc(C(C)(C)C)ccc1C2.C[C](=[Zr+2])c1ccc(C)cc1.Cc1cc(C(C)C)c(C)[cH-]1.[Cl-].[Cl-]. The molecule has 4 aromatic carbocycles. The van der Waals surface area contributed by atoms with E-state index >= 15 is 0 Å². The van der Waals surface area contributed by atoms with Gasteiger partial charge in [-0.3, -0.25) is 0 Å². The molecule has 230 valence electrons. The third-order valence-corrected chi connectivity index (χ3v) is 8.63. The molecule has 1 aliphatic carbocycles. The minimum atomic E-state index is 0. The van der Waals surface area contributed by atoms with Gasteiger partial charge in [0.1, 0.15) is 0 Å². The van der Waals surface area contributed by atoms with Gasteiger partial charge in [-0.05, 0) is 17.4 Å². The number of aryl methyl sites for hydroxylation is 3. The first-order chi connectivity index (χ1) is 19.0. The van der Waals surface area contributed by atoms with E-state index in [9.17, 15) is 0 Å². The molecule has 0 amide bonds. The summed E-state index contributed by atoms with van der Waals surface area (Å²) in [5.74, 6) is 0.675. The fraction of sp³-hybridized carbons (Fsp3) is 0.400. The van der Waals surface area contributed by atoms with Crippen LogP contribution >= 0.6 is 0 Å². The maximum Gasteiger partial charge on any atom is -0.0632 e. The maximum absolute atomic E-state index is 3.53. The minimum Gasteiger partial charge on any atom is -1.00 e. The molecule has 0 nitrogen and oxygen atoms in total. The summed E-state index contributed by atoms with van der Waals surface area (Å²) in [6.07, 6.45) is 1.03. The molecular formula is C40H50Cl2Zr-2. The summed E-state index contributed by atoms with van der Waals surface area (Å²) in [7, 11) is 0. The van der Waals surface area contributed by atoms with Crippen LogP contribution < -0.4 is 24.8 Å². The van der Waals surface area contributed by atoms with Crippen LogP contribution in [0.4, 0.5) is 0 Å². The van der Waals surface area contributed by atoms with Crippen molar-refractivity contribution in [1.82, 2.24) is 0 Å². The molecule has 0 unspecified atom stereocenters. The van der Waals surface area contributed by atoms with E-state index in [0.29, 0.717) is 5.92 Å². The molecule has 0 saturated carbocycles. The summed E-state index contributed by atoms with van der Waals surface area (Å²) < 4.78 is 1.46. The predicted octanol–water partition coefficient (Wildman–Crippen LogP) is 4.89. The number of hydrogen-bond donors (Lipinski definition) is 0. The molecule has 0 aromatic heterocycles. The summed E-state index contributed by atoms with van der Waals surface area (Å²) in [4.78, 5) is 0. The Labute approximate surface area is 290 Å².